The maximum absolute atomic E-state index is 13.3. The molecule has 1 amide bonds. The Balaban J connectivity index is 1.57. The van der Waals surface area contributed by atoms with Crippen molar-refractivity contribution in [3.63, 3.8) is 0 Å². The van der Waals surface area contributed by atoms with Gasteiger partial charge in [-0.15, -0.1) is 0 Å². The molecule has 1 fully saturated rings. The van der Waals surface area contributed by atoms with Crippen LogP contribution in [0.4, 0.5) is 0 Å². The Morgan fingerprint density at radius 3 is 2.38 bits per heavy atom. The molecule has 2 unspecified atom stereocenters. The van der Waals surface area contributed by atoms with Gasteiger partial charge in [-0.3, -0.25) is 14.7 Å². The molecular weight excluding hydrogens is 394 g/mol. The number of aromatic nitrogens is 1. The van der Waals surface area contributed by atoms with Gasteiger partial charge < -0.3 is 4.90 Å². The van der Waals surface area contributed by atoms with Crippen LogP contribution in [-0.4, -0.2) is 46.4 Å². The van der Waals surface area contributed by atoms with Crippen molar-refractivity contribution in [3.05, 3.63) is 101 Å². The first-order valence-corrected chi connectivity index (χ1v) is 11.6. The van der Waals surface area contributed by atoms with Gasteiger partial charge in [-0.25, -0.2) is 0 Å². The molecule has 0 saturated carbocycles. The molecule has 0 radical (unpaired) electrons. The van der Waals surface area contributed by atoms with E-state index >= 15 is 0 Å². The van der Waals surface area contributed by atoms with Crippen LogP contribution in [0, 0.1) is 12.8 Å². The van der Waals surface area contributed by atoms with Crippen molar-refractivity contribution < 1.29 is 4.79 Å². The zero-order chi connectivity index (χ0) is 22.5. The zero-order valence-corrected chi connectivity index (χ0v) is 19.3. The summed E-state index contributed by atoms with van der Waals surface area (Å²) >= 11 is 0. The molecule has 0 bridgehead atoms. The van der Waals surface area contributed by atoms with Crippen LogP contribution in [0.3, 0.4) is 0 Å². The molecule has 1 aromatic heterocycles. The number of pyridine rings is 1. The minimum atomic E-state index is 0.117. The van der Waals surface area contributed by atoms with E-state index in [1.165, 1.54) is 11.1 Å². The molecule has 1 aliphatic heterocycles. The number of carbonyl (C=O) groups is 1. The third-order valence-corrected chi connectivity index (χ3v) is 6.47. The lowest BCUT2D eigenvalue weighted by atomic mass is 9.88. The van der Waals surface area contributed by atoms with Crippen LogP contribution in [0.1, 0.15) is 46.9 Å². The number of hydrogen-bond acceptors (Lipinski definition) is 3. The molecule has 4 heteroatoms. The molecule has 1 aliphatic rings. The quantitative estimate of drug-likeness (QED) is 0.523. The Bertz CT molecular complexity index is 1000. The van der Waals surface area contributed by atoms with E-state index in [1.54, 1.807) is 0 Å². The Morgan fingerprint density at radius 1 is 1.00 bits per heavy atom. The van der Waals surface area contributed by atoms with Gasteiger partial charge in [0.15, 0.2) is 0 Å². The molecule has 166 valence electrons. The van der Waals surface area contributed by atoms with Gasteiger partial charge >= 0.3 is 0 Å². The molecule has 0 spiro atoms. The lowest BCUT2D eigenvalue weighted by Gasteiger charge is -2.32. The lowest BCUT2D eigenvalue weighted by Crippen LogP contribution is -2.42. The fourth-order valence-corrected chi connectivity index (χ4v) is 4.71. The lowest BCUT2D eigenvalue weighted by molar-refractivity contribution is 0.0668. The monoisotopic (exact) mass is 427 g/mol. The minimum absolute atomic E-state index is 0.117. The number of amides is 1. The predicted molar refractivity (Wildman–Crippen MR) is 130 cm³/mol. The van der Waals surface area contributed by atoms with E-state index in [1.807, 2.05) is 53.6 Å². The Kier molecular flexibility index (Phi) is 7.01. The third-order valence-electron chi connectivity index (χ3n) is 6.47. The van der Waals surface area contributed by atoms with Crippen LogP contribution < -0.4 is 0 Å². The van der Waals surface area contributed by atoms with Crippen molar-refractivity contribution >= 4 is 5.91 Å². The highest BCUT2D eigenvalue weighted by Gasteiger charge is 2.36. The standard InChI is InChI=1S/C28H33N3O/c1-21(2)31(28(32)24-9-5-4-6-10-24)18-25-17-30(19-26-11-7-8-16-29-26)20-27(25)23-14-12-22(3)13-15-23/h4-16,21,25,27H,17-20H2,1-3H3. The van der Waals surface area contributed by atoms with Crippen LogP contribution in [0.5, 0.6) is 0 Å². The summed E-state index contributed by atoms with van der Waals surface area (Å²) in [6.45, 7) is 9.89. The van der Waals surface area contributed by atoms with E-state index in [4.69, 9.17) is 0 Å². The van der Waals surface area contributed by atoms with Gasteiger partial charge in [0.05, 0.1) is 5.69 Å². The van der Waals surface area contributed by atoms with E-state index < -0.39 is 0 Å². The number of nitrogens with zero attached hydrogens (tertiary/aromatic N) is 3. The van der Waals surface area contributed by atoms with Gasteiger partial charge in [0.25, 0.3) is 5.91 Å². The maximum atomic E-state index is 13.3. The second kappa shape index (κ2) is 10.1. The first kappa shape index (κ1) is 22.2. The Morgan fingerprint density at radius 2 is 1.72 bits per heavy atom. The van der Waals surface area contributed by atoms with E-state index in [0.717, 1.165) is 37.4 Å². The average molecular weight is 428 g/mol. The van der Waals surface area contributed by atoms with Crippen LogP contribution >= 0.6 is 0 Å². The molecule has 2 atom stereocenters. The van der Waals surface area contributed by atoms with Gasteiger partial charge in [0, 0.05) is 49.9 Å². The highest BCUT2D eigenvalue weighted by atomic mass is 16.2. The molecule has 3 aromatic rings. The van der Waals surface area contributed by atoms with Crippen molar-refractivity contribution in [3.8, 4) is 0 Å². The number of hydrogen-bond donors (Lipinski definition) is 0. The summed E-state index contributed by atoms with van der Waals surface area (Å²) in [4.78, 5) is 22.4. The Hall–Kier alpha value is -2.98. The smallest absolute Gasteiger partial charge is 0.254 e. The van der Waals surface area contributed by atoms with Gasteiger partial charge in [-0.1, -0.05) is 54.1 Å². The van der Waals surface area contributed by atoms with Gasteiger partial charge in [-0.05, 0) is 56.5 Å². The van der Waals surface area contributed by atoms with Gasteiger partial charge in [0.1, 0.15) is 0 Å². The summed E-state index contributed by atoms with van der Waals surface area (Å²) in [5, 5.41) is 0. The molecule has 0 aliphatic carbocycles. The third kappa shape index (κ3) is 5.25. The van der Waals surface area contributed by atoms with E-state index in [9.17, 15) is 4.79 Å². The fourth-order valence-electron chi connectivity index (χ4n) is 4.71. The molecule has 32 heavy (non-hydrogen) atoms. The van der Waals surface area contributed by atoms with E-state index in [-0.39, 0.29) is 11.9 Å². The molecule has 0 N–H and O–H groups in total. The number of carbonyl (C=O) groups excluding carboxylic acids is 1. The summed E-state index contributed by atoms with van der Waals surface area (Å²) in [7, 11) is 0. The highest BCUT2D eigenvalue weighted by Crippen LogP contribution is 2.35. The SMILES string of the molecule is Cc1ccc(C2CN(Cc3ccccn3)CC2CN(C(=O)c2ccccc2)C(C)C)cc1. The maximum Gasteiger partial charge on any atom is 0.254 e. The van der Waals surface area contributed by atoms with Crippen LogP contribution in [0.15, 0.2) is 79.0 Å². The highest BCUT2D eigenvalue weighted by molar-refractivity contribution is 5.94. The molecule has 1 saturated heterocycles. The molecule has 4 nitrogen and oxygen atoms in total. The zero-order valence-electron chi connectivity index (χ0n) is 19.3. The van der Waals surface area contributed by atoms with Gasteiger partial charge in [0.2, 0.25) is 0 Å². The summed E-state index contributed by atoms with van der Waals surface area (Å²) < 4.78 is 0. The van der Waals surface area contributed by atoms with E-state index in [2.05, 4.69) is 61.0 Å². The second-order valence-electron chi connectivity index (χ2n) is 9.21. The summed E-state index contributed by atoms with van der Waals surface area (Å²) in [6, 6.07) is 24.8. The van der Waals surface area contributed by atoms with Crippen LogP contribution in [0.2, 0.25) is 0 Å². The first-order chi connectivity index (χ1) is 15.5. The summed E-state index contributed by atoms with van der Waals surface area (Å²) in [5.74, 6) is 0.882. The van der Waals surface area contributed by atoms with Crippen LogP contribution in [-0.2, 0) is 6.54 Å². The topological polar surface area (TPSA) is 36.4 Å². The second-order valence-corrected chi connectivity index (χ2v) is 9.21. The molecular formula is C28H33N3O. The average Bonchev–Trinajstić information content (AvgIpc) is 3.20. The van der Waals surface area contributed by atoms with Crippen LogP contribution in [0.25, 0.3) is 0 Å². The molecule has 4 rings (SSSR count). The Labute approximate surface area is 191 Å². The van der Waals surface area contributed by atoms with Crippen molar-refractivity contribution in [2.24, 2.45) is 5.92 Å². The van der Waals surface area contributed by atoms with Crippen molar-refractivity contribution in [2.75, 3.05) is 19.6 Å². The van der Waals surface area contributed by atoms with E-state index in [0.29, 0.717) is 11.8 Å². The molecule has 2 aromatic carbocycles. The normalized spacial score (nSPS) is 18.8. The first-order valence-electron chi connectivity index (χ1n) is 11.6. The molecule has 2 heterocycles. The minimum Gasteiger partial charge on any atom is -0.336 e. The predicted octanol–water partition coefficient (Wildman–Crippen LogP) is 5.16. The number of benzene rings is 2. The summed E-state index contributed by atoms with van der Waals surface area (Å²) in [6.07, 6.45) is 1.86. The number of aryl methyl sites for hydroxylation is 1. The summed E-state index contributed by atoms with van der Waals surface area (Å²) in [5.41, 5.74) is 4.49. The van der Waals surface area contributed by atoms with Crippen molar-refractivity contribution in [1.82, 2.24) is 14.8 Å². The van der Waals surface area contributed by atoms with Gasteiger partial charge in [-0.2, -0.15) is 0 Å². The van der Waals surface area contributed by atoms with Crippen molar-refractivity contribution in [1.29, 1.82) is 0 Å². The fraction of sp³-hybridized carbons (Fsp3) is 0.357. The van der Waals surface area contributed by atoms with Crippen molar-refractivity contribution in [2.45, 2.75) is 39.3 Å². The number of likely N-dealkylation sites (tertiary alicyclic amines) is 1. The largest absolute Gasteiger partial charge is 0.336 e. The number of rotatable bonds is 7.